The normalized spacial score (nSPS) is 27.5. The van der Waals surface area contributed by atoms with Crippen molar-refractivity contribution in [3.63, 3.8) is 0 Å². The molecule has 74 valence electrons. The molecule has 2 rings (SSSR count). The number of hydrogen-bond acceptors (Lipinski definition) is 0. The van der Waals surface area contributed by atoms with E-state index in [4.69, 9.17) is 0 Å². The fourth-order valence-electron chi connectivity index (χ4n) is 2.28. The number of rotatable bonds is 2. The molecule has 14 heavy (non-hydrogen) atoms. The van der Waals surface area contributed by atoms with Crippen LogP contribution in [0.1, 0.15) is 32.6 Å². The van der Waals surface area contributed by atoms with E-state index in [2.05, 4.69) is 37.3 Å². The Balaban J connectivity index is 1.96. The van der Waals surface area contributed by atoms with Crippen LogP contribution in [0.15, 0.2) is 30.3 Å². The van der Waals surface area contributed by atoms with E-state index in [0.717, 1.165) is 21.0 Å². The van der Waals surface area contributed by atoms with Gasteiger partial charge in [-0.3, -0.25) is 0 Å². The Morgan fingerprint density at radius 2 is 1.79 bits per heavy atom. The van der Waals surface area contributed by atoms with Crippen molar-refractivity contribution in [1.82, 2.24) is 0 Å². The van der Waals surface area contributed by atoms with Crippen molar-refractivity contribution in [2.24, 2.45) is 5.92 Å². The quantitative estimate of drug-likeness (QED) is 0.647. The first kappa shape index (κ1) is 9.97. The van der Waals surface area contributed by atoms with Crippen LogP contribution < -0.4 is 5.19 Å². The molecule has 0 bridgehead atoms. The molecule has 1 fully saturated rings. The van der Waals surface area contributed by atoms with Gasteiger partial charge in [-0.1, -0.05) is 68.1 Å². The van der Waals surface area contributed by atoms with E-state index >= 15 is 0 Å². The summed E-state index contributed by atoms with van der Waals surface area (Å²) in [6.45, 7) is 2.43. The topological polar surface area (TPSA) is 0 Å². The Hall–Kier alpha value is -0.563. The van der Waals surface area contributed by atoms with Crippen LogP contribution in [-0.2, 0) is 0 Å². The second-order valence-electron chi connectivity index (χ2n) is 4.38. The SMILES string of the molecule is CC1CCCCC1[Si]c1ccccc1. The van der Waals surface area contributed by atoms with Crippen molar-refractivity contribution in [3.05, 3.63) is 30.3 Å². The first-order valence-electron chi connectivity index (χ1n) is 5.68. The monoisotopic (exact) mass is 202 g/mol. The molecule has 1 aliphatic rings. The average molecular weight is 202 g/mol. The predicted molar refractivity (Wildman–Crippen MR) is 63.2 cm³/mol. The van der Waals surface area contributed by atoms with E-state index in [1.54, 1.807) is 5.19 Å². The molecule has 1 saturated carbocycles. The molecule has 0 N–H and O–H groups in total. The van der Waals surface area contributed by atoms with Crippen molar-refractivity contribution in [3.8, 4) is 0 Å². The van der Waals surface area contributed by atoms with E-state index in [-0.39, 0.29) is 0 Å². The highest BCUT2D eigenvalue weighted by Gasteiger charge is 2.21. The zero-order valence-electron chi connectivity index (χ0n) is 8.87. The predicted octanol–water partition coefficient (Wildman–Crippen LogP) is 3.01. The van der Waals surface area contributed by atoms with Gasteiger partial charge in [0.1, 0.15) is 0 Å². The fraction of sp³-hybridized carbons (Fsp3) is 0.538. The molecule has 1 heteroatoms. The lowest BCUT2D eigenvalue weighted by molar-refractivity contribution is 0.384. The standard InChI is InChI=1S/C13H18Si/c1-11-7-5-6-10-13(11)14-12-8-3-2-4-9-12/h2-4,8-9,11,13H,5-7,10H2,1H3. The minimum absolute atomic E-state index is 0.947. The van der Waals surface area contributed by atoms with Gasteiger partial charge in [0, 0.05) is 0 Å². The van der Waals surface area contributed by atoms with Crippen molar-refractivity contribution in [1.29, 1.82) is 0 Å². The Kier molecular flexibility index (Phi) is 3.41. The molecule has 0 saturated heterocycles. The maximum absolute atomic E-state index is 2.43. The average Bonchev–Trinajstić information content (AvgIpc) is 2.23. The third kappa shape index (κ3) is 2.47. The summed E-state index contributed by atoms with van der Waals surface area (Å²) in [5, 5.41) is 1.55. The van der Waals surface area contributed by atoms with Gasteiger partial charge in [0.25, 0.3) is 0 Å². The highest BCUT2D eigenvalue weighted by atomic mass is 28.2. The van der Waals surface area contributed by atoms with E-state index < -0.39 is 0 Å². The third-order valence-corrected chi connectivity index (χ3v) is 5.13. The van der Waals surface area contributed by atoms with Crippen LogP contribution in [0, 0.1) is 5.92 Å². The van der Waals surface area contributed by atoms with E-state index in [0.29, 0.717) is 0 Å². The lowest BCUT2D eigenvalue weighted by Crippen LogP contribution is -2.25. The van der Waals surface area contributed by atoms with Crippen LogP contribution >= 0.6 is 0 Å². The van der Waals surface area contributed by atoms with Crippen LogP contribution in [0.2, 0.25) is 5.54 Å². The summed E-state index contributed by atoms with van der Waals surface area (Å²) in [4.78, 5) is 0. The molecule has 1 aromatic carbocycles. The van der Waals surface area contributed by atoms with Crippen molar-refractivity contribution >= 4 is 14.7 Å². The summed E-state index contributed by atoms with van der Waals surface area (Å²) < 4.78 is 0. The van der Waals surface area contributed by atoms with Crippen molar-refractivity contribution in [2.75, 3.05) is 0 Å². The van der Waals surface area contributed by atoms with Gasteiger partial charge in [-0.25, -0.2) is 0 Å². The van der Waals surface area contributed by atoms with Gasteiger partial charge in [0.2, 0.25) is 0 Å². The van der Waals surface area contributed by atoms with Crippen molar-refractivity contribution in [2.45, 2.75) is 38.1 Å². The number of hydrogen-bond donors (Lipinski definition) is 0. The summed E-state index contributed by atoms with van der Waals surface area (Å²) in [7, 11) is 1.03. The van der Waals surface area contributed by atoms with Crippen LogP contribution in [-0.4, -0.2) is 9.52 Å². The molecular formula is C13H18Si. The van der Waals surface area contributed by atoms with Crippen LogP contribution in [0.5, 0.6) is 0 Å². The molecule has 2 unspecified atom stereocenters. The summed E-state index contributed by atoms with van der Waals surface area (Å²) >= 11 is 0. The zero-order valence-corrected chi connectivity index (χ0v) is 9.87. The van der Waals surface area contributed by atoms with E-state index in [1.807, 2.05) is 0 Å². The van der Waals surface area contributed by atoms with E-state index in [9.17, 15) is 0 Å². The molecule has 0 heterocycles. The largest absolute Gasteiger partial charge is 0.0845 e. The molecule has 0 aromatic heterocycles. The summed E-state index contributed by atoms with van der Waals surface area (Å²) in [6, 6.07) is 11.0. The lowest BCUT2D eigenvalue weighted by atomic mass is 9.90. The van der Waals surface area contributed by atoms with Gasteiger partial charge in [0.05, 0.1) is 9.52 Å². The molecule has 0 amide bonds. The molecule has 0 nitrogen and oxygen atoms in total. The Labute approximate surface area is 89.6 Å². The maximum atomic E-state index is 2.43. The molecule has 2 atom stereocenters. The second-order valence-corrected chi connectivity index (χ2v) is 5.99. The molecule has 1 aromatic rings. The minimum Gasteiger partial charge on any atom is -0.0639 e. The first-order valence-corrected chi connectivity index (χ1v) is 6.75. The lowest BCUT2D eigenvalue weighted by Gasteiger charge is -2.28. The minimum atomic E-state index is 0.947. The third-order valence-electron chi connectivity index (χ3n) is 3.24. The second kappa shape index (κ2) is 4.79. The molecular weight excluding hydrogens is 184 g/mol. The van der Waals surface area contributed by atoms with Crippen LogP contribution in [0.4, 0.5) is 0 Å². The van der Waals surface area contributed by atoms with Gasteiger partial charge in [-0.05, 0) is 11.5 Å². The molecule has 2 radical (unpaired) electrons. The number of benzene rings is 1. The van der Waals surface area contributed by atoms with Gasteiger partial charge in [-0.15, -0.1) is 0 Å². The zero-order chi connectivity index (χ0) is 9.80. The summed E-state index contributed by atoms with van der Waals surface area (Å²) in [5.41, 5.74) is 0.964. The molecule has 0 aliphatic heterocycles. The van der Waals surface area contributed by atoms with Crippen LogP contribution in [0.25, 0.3) is 0 Å². The summed E-state index contributed by atoms with van der Waals surface area (Å²) in [6.07, 6.45) is 5.81. The molecule has 1 aliphatic carbocycles. The summed E-state index contributed by atoms with van der Waals surface area (Å²) in [5.74, 6) is 0.947. The Bertz CT molecular complexity index is 268. The fourth-order valence-corrected chi connectivity index (χ4v) is 3.89. The smallest absolute Gasteiger partial charge is 0.0639 e. The molecule has 0 spiro atoms. The Morgan fingerprint density at radius 3 is 2.50 bits per heavy atom. The van der Waals surface area contributed by atoms with E-state index in [1.165, 1.54) is 25.7 Å². The maximum Gasteiger partial charge on any atom is 0.0845 e. The van der Waals surface area contributed by atoms with Gasteiger partial charge in [0.15, 0.2) is 0 Å². The Morgan fingerprint density at radius 1 is 1.07 bits per heavy atom. The van der Waals surface area contributed by atoms with Gasteiger partial charge >= 0.3 is 0 Å². The van der Waals surface area contributed by atoms with Crippen molar-refractivity contribution < 1.29 is 0 Å². The van der Waals surface area contributed by atoms with Gasteiger partial charge < -0.3 is 0 Å². The highest BCUT2D eigenvalue weighted by Crippen LogP contribution is 2.33. The van der Waals surface area contributed by atoms with Gasteiger partial charge in [-0.2, -0.15) is 0 Å². The first-order chi connectivity index (χ1) is 6.86. The van der Waals surface area contributed by atoms with Crippen LogP contribution in [0.3, 0.4) is 0 Å². The highest BCUT2D eigenvalue weighted by molar-refractivity contribution is 6.55.